The van der Waals surface area contributed by atoms with Crippen molar-refractivity contribution in [2.75, 3.05) is 19.5 Å². The monoisotopic (exact) mass is 366 g/mol. The van der Waals surface area contributed by atoms with Crippen molar-refractivity contribution in [2.24, 2.45) is 0 Å². The van der Waals surface area contributed by atoms with Crippen molar-refractivity contribution in [2.45, 2.75) is 19.1 Å². The van der Waals surface area contributed by atoms with Gasteiger partial charge >= 0.3 is 17.6 Å². The van der Waals surface area contributed by atoms with Crippen molar-refractivity contribution < 1.29 is 23.5 Å². The smallest absolute Gasteiger partial charge is 0.410 e. The fourth-order valence-corrected chi connectivity index (χ4v) is 3.17. The number of hydrogen-bond donors (Lipinski definition) is 0. The van der Waals surface area contributed by atoms with Gasteiger partial charge in [0.25, 0.3) is 5.52 Å². The first-order chi connectivity index (χ1) is 12.0. The average Bonchev–Trinajstić information content (AvgIpc) is 2.61. The van der Waals surface area contributed by atoms with Crippen LogP contribution in [0, 0.1) is 10.1 Å². The van der Waals surface area contributed by atoms with E-state index in [1.807, 2.05) is 0 Å². The first-order valence-corrected chi connectivity index (χ1v) is 8.69. The minimum absolute atomic E-state index is 0.0398. The van der Waals surface area contributed by atoms with Crippen LogP contribution in [0.2, 0.25) is 0 Å². The molecule has 0 saturated heterocycles. The molecule has 9 heteroatoms. The molecule has 1 aromatic heterocycles. The fourth-order valence-electron chi connectivity index (χ4n) is 2.26. The molecule has 0 aliphatic heterocycles. The van der Waals surface area contributed by atoms with Crippen molar-refractivity contribution in [1.82, 2.24) is 4.73 Å². The van der Waals surface area contributed by atoms with Crippen molar-refractivity contribution in [1.29, 1.82) is 0 Å². The zero-order valence-electron chi connectivity index (χ0n) is 13.9. The van der Waals surface area contributed by atoms with E-state index in [1.54, 1.807) is 12.1 Å². The van der Waals surface area contributed by atoms with E-state index in [9.17, 15) is 19.7 Å². The van der Waals surface area contributed by atoms with E-state index >= 15 is 0 Å². The average molecular weight is 366 g/mol. The molecule has 0 aliphatic carbocycles. The quantitative estimate of drug-likeness (QED) is 0.418. The number of rotatable bonds is 7. The molecule has 1 heterocycles. The van der Waals surface area contributed by atoms with Crippen LogP contribution in [0.5, 0.6) is 0 Å². The Bertz CT molecular complexity index is 848. The topological polar surface area (TPSA) is 104 Å². The Morgan fingerprint density at radius 1 is 1.32 bits per heavy atom. The summed E-state index contributed by atoms with van der Waals surface area (Å²) < 4.78 is 10.5. The van der Waals surface area contributed by atoms with Crippen LogP contribution in [-0.2, 0) is 20.0 Å². The maximum atomic E-state index is 12.6. The van der Waals surface area contributed by atoms with Gasteiger partial charge in [-0.25, -0.2) is 4.79 Å². The number of benzene rings is 1. The predicted octanol–water partition coefficient (Wildman–Crippen LogP) is 1.87. The summed E-state index contributed by atoms with van der Waals surface area (Å²) in [5.41, 5.74) is 0.00361. The van der Waals surface area contributed by atoms with Crippen LogP contribution in [-0.4, -0.2) is 36.1 Å². The molecule has 0 fully saturated rings. The minimum atomic E-state index is -0.860. The van der Waals surface area contributed by atoms with Gasteiger partial charge in [-0.05, 0) is 18.2 Å². The molecule has 2 aromatic rings. The highest BCUT2D eigenvalue weighted by atomic mass is 32.2. The van der Waals surface area contributed by atoms with Gasteiger partial charge in [-0.2, -0.15) is 11.8 Å². The van der Waals surface area contributed by atoms with Crippen LogP contribution in [0.4, 0.5) is 0 Å². The van der Waals surface area contributed by atoms with Crippen molar-refractivity contribution in [3.8, 4) is 0 Å². The van der Waals surface area contributed by atoms with Crippen LogP contribution in [0.3, 0.4) is 0 Å². The van der Waals surface area contributed by atoms with E-state index in [0.717, 1.165) is 7.11 Å². The third-order valence-electron chi connectivity index (χ3n) is 3.40. The lowest BCUT2D eigenvalue weighted by Gasteiger charge is -2.18. The Hall–Kier alpha value is -2.55. The molecule has 25 heavy (non-hydrogen) atoms. The summed E-state index contributed by atoms with van der Waals surface area (Å²) >= 11 is 1.36. The number of aromatic nitrogens is 2. The second-order valence-electron chi connectivity index (χ2n) is 5.11. The third kappa shape index (κ3) is 4.30. The fraction of sp³-hybridized carbons (Fsp3) is 0.375. The third-order valence-corrected chi connectivity index (χ3v) is 4.45. The Morgan fingerprint density at radius 2 is 2.04 bits per heavy atom. The number of esters is 2. The van der Waals surface area contributed by atoms with Crippen LogP contribution in [0.1, 0.15) is 29.5 Å². The van der Waals surface area contributed by atoms with Gasteiger partial charge in [0, 0.05) is 23.7 Å². The standard InChI is InChI=1S/C16H18N2O6S/c1-11(19)24-8-5-9-25-10-14-15(16(20)23-2)18(22)13-7-4-3-6-12(13)17(14)21/h3-4,6-7H,5,8-10H2,1-2H3. The Balaban J connectivity index is 2.28. The van der Waals surface area contributed by atoms with E-state index in [2.05, 4.69) is 4.74 Å². The summed E-state index contributed by atoms with van der Waals surface area (Å²) in [6.45, 7) is 1.61. The number of nitrogens with zero attached hydrogens (tertiary/aromatic N) is 2. The SMILES string of the molecule is COC(=O)c1c(CSCCCOC(C)=O)n([O-])c2ccccc2[n+]1=O. The Labute approximate surface area is 147 Å². The van der Waals surface area contributed by atoms with Crippen LogP contribution >= 0.6 is 11.8 Å². The van der Waals surface area contributed by atoms with E-state index in [0.29, 0.717) is 21.3 Å². The molecule has 0 amide bonds. The second kappa shape index (κ2) is 8.52. The summed E-state index contributed by atoms with van der Waals surface area (Å²) in [6.07, 6.45) is 0.599. The van der Waals surface area contributed by atoms with Crippen LogP contribution < -0.4 is 4.43 Å². The zero-order chi connectivity index (χ0) is 18.4. The number of fused-ring (bicyclic) bond motifs is 1. The molecular weight excluding hydrogens is 348 g/mol. The number of carbonyl (C=O) groups is 2. The number of ether oxygens (including phenoxy) is 2. The highest BCUT2D eigenvalue weighted by Gasteiger charge is 2.29. The molecule has 0 N–H and O–H groups in total. The van der Waals surface area contributed by atoms with Crippen LogP contribution in [0.25, 0.3) is 11.0 Å². The Kier molecular flexibility index (Phi) is 6.40. The van der Waals surface area contributed by atoms with E-state index < -0.39 is 5.97 Å². The molecule has 0 spiro atoms. The van der Waals surface area contributed by atoms with Gasteiger partial charge in [0.1, 0.15) is 11.2 Å². The maximum Gasteiger partial charge on any atom is 0.410 e. The number of hydrogen-bond acceptors (Lipinski definition) is 7. The highest BCUT2D eigenvalue weighted by Crippen LogP contribution is 2.20. The molecule has 0 bridgehead atoms. The van der Waals surface area contributed by atoms with Crippen molar-refractivity contribution in [3.63, 3.8) is 0 Å². The molecule has 0 saturated carbocycles. The summed E-state index contributed by atoms with van der Waals surface area (Å²) in [5.74, 6) is -0.459. The number of para-hydroxylation sites is 2. The molecule has 1 aromatic carbocycles. The normalized spacial score (nSPS) is 10.6. The first kappa shape index (κ1) is 18.8. The minimum Gasteiger partial charge on any atom is -0.805 e. The second-order valence-corrected chi connectivity index (χ2v) is 6.22. The van der Waals surface area contributed by atoms with E-state index in [1.165, 1.54) is 30.8 Å². The summed E-state index contributed by atoms with van der Waals surface area (Å²) in [7, 11) is 1.16. The van der Waals surface area contributed by atoms with E-state index in [4.69, 9.17) is 4.74 Å². The van der Waals surface area contributed by atoms with Gasteiger partial charge in [0.05, 0.1) is 18.1 Å². The van der Waals surface area contributed by atoms with Gasteiger partial charge in [-0.3, -0.25) is 4.79 Å². The lowest BCUT2D eigenvalue weighted by atomic mass is 10.2. The Morgan fingerprint density at radius 3 is 2.72 bits per heavy atom. The number of carbonyl (C=O) groups excluding carboxylic acids is 2. The molecule has 0 unspecified atom stereocenters. The lowest BCUT2D eigenvalue weighted by molar-refractivity contribution is -0.469. The van der Waals surface area contributed by atoms with Gasteiger partial charge < -0.3 is 19.4 Å². The maximum absolute atomic E-state index is 12.6. The lowest BCUT2D eigenvalue weighted by Crippen LogP contribution is -2.31. The van der Waals surface area contributed by atoms with Gasteiger partial charge in [-0.1, -0.05) is 12.1 Å². The molecular formula is C16H18N2O6S. The number of methoxy groups -OCH3 is 1. The van der Waals surface area contributed by atoms with Gasteiger partial charge in [-0.15, -0.1) is 0 Å². The van der Waals surface area contributed by atoms with E-state index in [-0.39, 0.29) is 40.8 Å². The predicted molar refractivity (Wildman–Crippen MR) is 92.8 cm³/mol. The summed E-state index contributed by atoms with van der Waals surface area (Å²) in [4.78, 5) is 35.2. The van der Waals surface area contributed by atoms with Crippen molar-refractivity contribution in [3.05, 3.63) is 45.8 Å². The molecule has 0 atom stereocenters. The van der Waals surface area contributed by atoms with Crippen LogP contribution in [0.15, 0.2) is 24.3 Å². The number of thioether (sulfide) groups is 1. The highest BCUT2D eigenvalue weighted by molar-refractivity contribution is 7.98. The van der Waals surface area contributed by atoms with Gasteiger partial charge in [0.2, 0.25) is 0 Å². The zero-order valence-corrected chi connectivity index (χ0v) is 14.7. The molecule has 0 radical (unpaired) electrons. The molecule has 8 nitrogen and oxygen atoms in total. The summed E-state index contributed by atoms with van der Waals surface area (Å²) in [5, 5.41) is 12.6. The molecule has 134 valence electrons. The molecule has 0 aliphatic rings. The summed E-state index contributed by atoms with van der Waals surface area (Å²) in [6, 6.07) is 6.25. The van der Waals surface area contributed by atoms with Gasteiger partial charge in [0.15, 0.2) is 0 Å². The largest absolute Gasteiger partial charge is 0.805 e. The van der Waals surface area contributed by atoms with Crippen molar-refractivity contribution >= 4 is 34.7 Å². The molecule has 2 rings (SSSR count). The first-order valence-electron chi connectivity index (χ1n) is 7.53.